The molecule has 0 saturated heterocycles. The molecular formula is C55H58N2. The maximum atomic E-state index is 9.94. The van der Waals surface area contributed by atoms with Gasteiger partial charge in [-0.1, -0.05) is 163 Å². The number of hydrogen-bond donors (Lipinski definition) is 0. The molecule has 57 heavy (non-hydrogen) atoms. The minimum absolute atomic E-state index is 0.0152. The molecular weight excluding hydrogens is 689 g/mol. The Morgan fingerprint density at radius 1 is 0.439 bits per heavy atom. The first-order valence-electron chi connectivity index (χ1n) is 21.7. The molecule has 0 N–H and O–H groups in total. The molecule has 0 atom stereocenters. The maximum absolute atomic E-state index is 9.94. The molecule has 2 nitrogen and oxygen atoms in total. The first kappa shape index (κ1) is 39.8. The fraction of sp³-hybridized carbons (Fsp3) is 0.345. The first-order chi connectivity index (χ1) is 27.9. The Hall–Kier alpha value is -5.44. The van der Waals surface area contributed by atoms with Crippen LogP contribution in [-0.4, -0.2) is 0 Å². The van der Waals surface area contributed by atoms with Gasteiger partial charge in [-0.2, -0.15) is 10.5 Å². The summed E-state index contributed by atoms with van der Waals surface area (Å²) in [6.45, 7) is 9.04. The quantitative estimate of drug-likeness (QED) is 0.0873. The number of fused-ring (bicyclic) bond motifs is 4. The van der Waals surface area contributed by atoms with Crippen LogP contribution in [0.25, 0.3) is 55.3 Å². The summed E-state index contributed by atoms with van der Waals surface area (Å²) in [4.78, 5) is 0. The van der Waals surface area contributed by atoms with Gasteiger partial charge >= 0.3 is 0 Å². The van der Waals surface area contributed by atoms with Gasteiger partial charge < -0.3 is 0 Å². The van der Waals surface area contributed by atoms with Crippen LogP contribution in [0.2, 0.25) is 0 Å². The lowest BCUT2D eigenvalue weighted by Crippen LogP contribution is -2.25. The Balaban J connectivity index is 1.39. The van der Waals surface area contributed by atoms with Gasteiger partial charge in [0.15, 0.2) is 0 Å². The summed E-state index contributed by atoms with van der Waals surface area (Å²) in [6, 6.07) is 44.6. The van der Waals surface area contributed by atoms with Gasteiger partial charge in [0, 0.05) is 5.41 Å². The van der Waals surface area contributed by atoms with Crippen molar-refractivity contribution in [1.82, 2.24) is 0 Å². The molecule has 7 rings (SSSR count). The van der Waals surface area contributed by atoms with E-state index in [9.17, 15) is 10.5 Å². The number of rotatable bonds is 17. The van der Waals surface area contributed by atoms with Crippen LogP contribution in [0.4, 0.5) is 0 Å². The summed E-state index contributed by atoms with van der Waals surface area (Å²) in [7, 11) is 0. The molecule has 0 aliphatic heterocycles. The van der Waals surface area contributed by atoms with E-state index in [1.54, 1.807) is 6.07 Å². The molecule has 0 radical (unpaired) electrons. The molecule has 1 aliphatic carbocycles. The molecule has 0 saturated carbocycles. The van der Waals surface area contributed by atoms with Crippen LogP contribution in [0, 0.1) is 36.5 Å². The number of nitriles is 2. The van der Waals surface area contributed by atoms with E-state index >= 15 is 0 Å². The number of aryl methyl sites for hydroxylation is 2. The van der Waals surface area contributed by atoms with E-state index in [0.717, 1.165) is 22.3 Å². The summed E-state index contributed by atoms with van der Waals surface area (Å²) in [5, 5.41) is 22.4. The van der Waals surface area contributed by atoms with Crippen molar-refractivity contribution in [2.45, 2.75) is 123 Å². The topological polar surface area (TPSA) is 47.6 Å². The van der Waals surface area contributed by atoms with Gasteiger partial charge in [0.1, 0.15) is 0 Å². The second-order valence-corrected chi connectivity index (χ2v) is 16.7. The molecule has 2 heteroatoms. The van der Waals surface area contributed by atoms with Crippen molar-refractivity contribution in [1.29, 1.82) is 10.5 Å². The summed E-state index contributed by atoms with van der Waals surface area (Å²) in [6.07, 6.45) is 17.9. The van der Waals surface area contributed by atoms with Crippen molar-refractivity contribution in [3.63, 3.8) is 0 Å². The van der Waals surface area contributed by atoms with Crippen LogP contribution >= 0.6 is 0 Å². The zero-order chi connectivity index (χ0) is 39.8. The Labute approximate surface area is 342 Å². The maximum Gasteiger partial charge on any atom is 0.0992 e. The number of hydrogen-bond acceptors (Lipinski definition) is 2. The van der Waals surface area contributed by atoms with Crippen LogP contribution in [0.5, 0.6) is 0 Å². The number of benzene rings is 6. The molecule has 0 unspecified atom stereocenters. The molecule has 0 heterocycles. The summed E-state index contributed by atoms with van der Waals surface area (Å²) in [5.41, 5.74) is 16.0. The van der Waals surface area contributed by atoms with Crippen molar-refractivity contribution in [2.24, 2.45) is 0 Å². The zero-order valence-corrected chi connectivity index (χ0v) is 34.7. The van der Waals surface area contributed by atoms with Crippen molar-refractivity contribution in [3.8, 4) is 56.6 Å². The zero-order valence-electron chi connectivity index (χ0n) is 34.7. The summed E-state index contributed by atoms with van der Waals surface area (Å²) < 4.78 is 0. The fourth-order valence-electron chi connectivity index (χ4n) is 9.63. The van der Waals surface area contributed by atoms with Gasteiger partial charge in [-0.3, -0.25) is 0 Å². The average molecular weight is 747 g/mol. The Bertz CT molecular complexity index is 2400. The molecule has 0 aromatic heterocycles. The second kappa shape index (κ2) is 18.2. The monoisotopic (exact) mass is 746 g/mol. The Morgan fingerprint density at radius 3 is 1.61 bits per heavy atom. The first-order valence-corrected chi connectivity index (χ1v) is 21.7. The second-order valence-electron chi connectivity index (χ2n) is 16.7. The molecule has 6 aromatic carbocycles. The standard InChI is InChI=1S/C55H58N2/c1-5-7-9-11-13-15-27-55(28-16-14-12-10-8-6-2)53-29-39(3)23-25-51(53)52-26-24-43(36-54(52)55)45-33-46(44-31-41(37-56)30-42(32-44)38-57)35-47(34-45)49-21-18-20-48-40(4)19-17-22-50(48)49/h17-26,29-36H,5-16,27-28H2,1-4H3. The van der Waals surface area contributed by atoms with E-state index in [1.807, 2.05) is 12.1 Å². The predicted molar refractivity (Wildman–Crippen MR) is 241 cm³/mol. The van der Waals surface area contributed by atoms with Crippen LogP contribution in [-0.2, 0) is 5.41 Å². The lowest BCUT2D eigenvalue weighted by Gasteiger charge is -2.33. The lowest BCUT2D eigenvalue weighted by molar-refractivity contribution is 0.398. The Kier molecular flexibility index (Phi) is 12.7. The highest BCUT2D eigenvalue weighted by Crippen LogP contribution is 2.55. The van der Waals surface area contributed by atoms with E-state index in [2.05, 4.69) is 131 Å². The lowest BCUT2D eigenvalue weighted by atomic mass is 9.70. The van der Waals surface area contributed by atoms with Crippen LogP contribution < -0.4 is 0 Å². The van der Waals surface area contributed by atoms with E-state index in [4.69, 9.17) is 0 Å². The molecule has 1 aliphatic rings. The third-order valence-corrected chi connectivity index (χ3v) is 12.7. The highest BCUT2D eigenvalue weighted by Gasteiger charge is 2.42. The van der Waals surface area contributed by atoms with Crippen LogP contribution in [0.3, 0.4) is 0 Å². The number of nitrogens with zero attached hydrogens (tertiary/aromatic N) is 2. The highest BCUT2D eigenvalue weighted by molar-refractivity contribution is 6.00. The molecule has 288 valence electrons. The Morgan fingerprint density at radius 2 is 0.965 bits per heavy atom. The smallest absolute Gasteiger partial charge is 0.0992 e. The van der Waals surface area contributed by atoms with Gasteiger partial charge in [-0.25, -0.2) is 0 Å². The normalized spacial score (nSPS) is 12.6. The summed E-state index contributed by atoms with van der Waals surface area (Å²) >= 11 is 0. The minimum atomic E-state index is -0.0152. The van der Waals surface area contributed by atoms with E-state index in [0.29, 0.717) is 11.1 Å². The average Bonchev–Trinajstić information content (AvgIpc) is 3.50. The largest absolute Gasteiger partial charge is 0.192 e. The molecule has 0 fully saturated rings. The van der Waals surface area contributed by atoms with Gasteiger partial charge in [-0.05, 0) is 141 Å². The molecule has 6 aromatic rings. The molecule has 0 spiro atoms. The third kappa shape index (κ3) is 8.48. The predicted octanol–water partition coefficient (Wildman–Crippen LogP) is 16.0. The van der Waals surface area contributed by atoms with E-state index in [-0.39, 0.29) is 5.41 Å². The van der Waals surface area contributed by atoms with Gasteiger partial charge in [0.05, 0.1) is 23.3 Å². The SMILES string of the molecule is CCCCCCCCC1(CCCCCCCC)c2cc(C)ccc2-c2ccc(-c3cc(-c4cc(C#N)cc(C#N)c4)cc(-c4cccc5c(C)cccc45)c3)cc21. The van der Waals surface area contributed by atoms with Crippen molar-refractivity contribution >= 4 is 10.8 Å². The van der Waals surface area contributed by atoms with Crippen molar-refractivity contribution < 1.29 is 0 Å². The van der Waals surface area contributed by atoms with Crippen LogP contribution in [0.1, 0.15) is 137 Å². The van der Waals surface area contributed by atoms with Gasteiger partial charge in [0.2, 0.25) is 0 Å². The van der Waals surface area contributed by atoms with Gasteiger partial charge in [-0.15, -0.1) is 0 Å². The van der Waals surface area contributed by atoms with E-state index in [1.165, 1.54) is 145 Å². The minimum Gasteiger partial charge on any atom is -0.192 e. The summed E-state index contributed by atoms with van der Waals surface area (Å²) in [5.74, 6) is 0. The molecule has 0 amide bonds. The highest BCUT2D eigenvalue weighted by atomic mass is 14.5. The molecule has 0 bridgehead atoms. The van der Waals surface area contributed by atoms with Crippen molar-refractivity contribution in [3.05, 3.63) is 143 Å². The van der Waals surface area contributed by atoms with Crippen LogP contribution in [0.15, 0.2) is 109 Å². The third-order valence-electron chi connectivity index (χ3n) is 12.7. The van der Waals surface area contributed by atoms with Crippen molar-refractivity contribution in [2.75, 3.05) is 0 Å². The van der Waals surface area contributed by atoms with Gasteiger partial charge in [0.25, 0.3) is 0 Å². The fourth-order valence-corrected chi connectivity index (χ4v) is 9.63. The van der Waals surface area contributed by atoms with E-state index < -0.39 is 0 Å². The number of unbranched alkanes of at least 4 members (excludes halogenated alkanes) is 10.